The molecule has 0 bridgehead atoms. The van der Waals surface area contributed by atoms with Crippen LogP contribution in [0.4, 0.5) is 0 Å². The van der Waals surface area contributed by atoms with Gasteiger partial charge in [-0.3, -0.25) is 0 Å². The van der Waals surface area contributed by atoms with Gasteiger partial charge in [0.2, 0.25) is 10.0 Å². The van der Waals surface area contributed by atoms with E-state index in [0.717, 1.165) is 5.56 Å². The summed E-state index contributed by atoms with van der Waals surface area (Å²) in [5, 5.41) is 0. The number of nitrogens with zero attached hydrogens (tertiary/aromatic N) is 1. The quantitative estimate of drug-likeness (QED) is 0.764. The van der Waals surface area contributed by atoms with Crippen LogP contribution in [0.2, 0.25) is 0 Å². The summed E-state index contributed by atoms with van der Waals surface area (Å²) < 4.78 is 25.1. The Morgan fingerprint density at radius 2 is 2.07 bits per heavy atom. The summed E-state index contributed by atoms with van der Waals surface area (Å²) in [5.74, 6) is 0.319. The Morgan fingerprint density at radius 1 is 1.40 bits per heavy atom. The normalized spacial score (nSPS) is 12.0. The Hall–Kier alpha value is -0.580. The van der Waals surface area contributed by atoms with Crippen LogP contribution in [0.15, 0.2) is 29.2 Å². The van der Waals surface area contributed by atoms with Gasteiger partial charge in [0.1, 0.15) is 0 Å². The van der Waals surface area contributed by atoms with E-state index < -0.39 is 10.0 Å². The summed E-state index contributed by atoms with van der Waals surface area (Å²) >= 11 is 5.65. The van der Waals surface area contributed by atoms with E-state index in [1.807, 2.05) is 0 Å². The second kappa shape index (κ2) is 4.96. The van der Waals surface area contributed by atoms with Gasteiger partial charge in [0.15, 0.2) is 0 Å². The molecule has 0 radical (unpaired) electrons. The Morgan fingerprint density at radius 3 is 2.60 bits per heavy atom. The zero-order valence-electron chi connectivity index (χ0n) is 8.77. The lowest BCUT2D eigenvalue weighted by Crippen LogP contribution is -2.26. The van der Waals surface area contributed by atoms with Crippen molar-refractivity contribution in [2.24, 2.45) is 0 Å². The molecular weight excluding hydrogens is 234 g/mol. The number of hydrogen-bond acceptors (Lipinski definition) is 2. The first kappa shape index (κ1) is 12.5. The van der Waals surface area contributed by atoms with Crippen LogP contribution in [-0.2, 0) is 15.9 Å². The maximum Gasteiger partial charge on any atom is 0.242 e. The number of rotatable bonds is 4. The predicted molar refractivity (Wildman–Crippen MR) is 61.5 cm³/mol. The summed E-state index contributed by atoms with van der Waals surface area (Å²) in [6.07, 6.45) is 0. The van der Waals surface area contributed by atoms with Gasteiger partial charge in [-0.05, 0) is 17.7 Å². The number of benzene rings is 1. The number of halogens is 1. The Kier molecular flexibility index (Phi) is 4.13. The summed E-state index contributed by atoms with van der Waals surface area (Å²) in [6.45, 7) is 2.25. The molecule has 0 unspecified atom stereocenters. The van der Waals surface area contributed by atoms with Crippen LogP contribution in [0, 0.1) is 0 Å². The molecule has 0 aliphatic rings. The predicted octanol–water partition coefficient (Wildman–Crippen LogP) is 2.07. The topological polar surface area (TPSA) is 37.4 Å². The third kappa shape index (κ3) is 2.71. The van der Waals surface area contributed by atoms with E-state index in [-0.39, 0.29) is 0 Å². The van der Waals surface area contributed by atoms with Crippen LogP contribution in [0.25, 0.3) is 0 Å². The van der Waals surface area contributed by atoms with E-state index in [1.54, 1.807) is 38.2 Å². The molecule has 0 saturated carbocycles. The molecule has 0 aliphatic carbocycles. The zero-order valence-corrected chi connectivity index (χ0v) is 10.3. The SMILES string of the molecule is CCN(C)S(=O)(=O)c1cccc(CCl)c1. The van der Waals surface area contributed by atoms with Crippen molar-refractivity contribution in [3.63, 3.8) is 0 Å². The molecule has 1 aromatic carbocycles. The summed E-state index contributed by atoms with van der Waals surface area (Å²) in [4.78, 5) is 0.296. The molecule has 0 aliphatic heterocycles. The smallest absolute Gasteiger partial charge is 0.207 e. The summed E-state index contributed by atoms with van der Waals surface area (Å²) in [7, 11) is -1.79. The van der Waals surface area contributed by atoms with E-state index in [0.29, 0.717) is 17.3 Å². The summed E-state index contributed by atoms with van der Waals surface area (Å²) in [6, 6.07) is 6.69. The molecule has 1 aromatic rings. The van der Waals surface area contributed by atoms with Gasteiger partial charge < -0.3 is 0 Å². The molecule has 0 N–H and O–H groups in total. The van der Waals surface area contributed by atoms with E-state index in [9.17, 15) is 8.42 Å². The molecule has 0 heterocycles. The second-order valence-electron chi connectivity index (χ2n) is 3.20. The van der Waals surface area contributed by atoms with Crippen molar-refractivity contribution in [1.29, 1.82) is 0 Å². The van der Waals surface area contributed by atoms with Crippen molar-refractivity contribution >= 4 is 21.6 Å². The minimum Gasteiger partial charge on any atom is -0.207 e. The molecule has 0 atom stereocenters. The van der Waals surface area contributed by atoms with Crippen LogP contribution >= 0.6 is 11.6 Å². The van der Waals surface area contributed by atoms with Gasteiger partial charge in [-0.25, -0.2) is 12.7 Å². The van der Waals surface area contributed by atoms with Gasteiger partial charge in [0.25, 0.3) is 0 Å². The van der Waals surface area contributed by atoms with Crippen LogP contribution in [0.5, 0.6) is 0 Å². The number of hydrogen-bond donors (Lipinski definition) is 0. The monoisotopic (exact) mass is 247 g/mol. The molecule has 1 rings (SSSR count). The Bertz CT molecular complexity index is 431. The molecule has 5 heteroatoms. The molecular formula is C10H14ClNO2S. The zero-order chi connectivity index (χ0) is 11.5. The lowest BCUT2D eigenvalue weighted by molar-refractivity contribution is 0.486. The number of alkyl halides is 1. The van der Waals surface area contributed by atoms with Gasteiger partial charge in [0.05, 0.1) is 4.90 Å². The van der Waals surface area contributed by atoms with Crippen molar-refractivity contribution in [3.8, 4) is 0 Å². The van der Waals surface area contributed by atoms with E-state index in [2.05, 4.69) is 0 Å². The first-order chi connectivity index (χ1) is 7.02. The average Bonchev–Trinajstić information content (AvgIpc) is 2.27. The van der Waals surface area contributed by atoms with E-state index in [4.69, 9.17) is 11.6 Å². The first-order valence-electron chi connectivity index (χ1n) is 4.63. The maximum absolute atomic E-state index is 11.9. The molecule has 15 heavy (non-hydrogen) atoms. The maximum atomic E-state index is 11.9. The fraction of sp³-hybridized carbons (Fsp3) is 0.400. The van der Waals surface area contributed by atoms with Gasteiger partial charge in [0, 0.05) is 19.5 Å². The second-order valence-corrected chi connectivity index (χ2v) is 5.51. The van der Waals surface area contributed by atoms with E-state index >= 15 is 0 Å². The Labute approximate surface area is 95.7 Å². The number of sulfonamides is 1. The fourth-order valence-corrected chi connectivity index (χ4v) is 2.56. The minimum absolute atomic E-state index is 0.296. The van der Waals surface area contributed by atoms with Crippen molar-refractivity contribution in [2.75, 3.05) is 13.6 Å². The van der Waals surface area contributed by atoms with Crippen LogP contribution in [0.1, 0.15) is 12.5 Å². The third-order valence-corrected chi connectivity index (χ3v) is 4.44. The van der Waals surface area contributed by atoms with E-state index in [1.165, 1.54) is 4.31 Å². The van der Waals surface area contributed by atoms with Crippen LogP contribution in [-0.4, -0.2) is 26.3 Å². The molecule has 84 valence electrons. The van der Waals surface area contributed by atoms with Crippen LogP contribution in [0.3, 0.4) is 0 Å². The lowest BCUT2D eigenvalue weighted by Gasteiger charge is -2.15. The van der Waals surface area contributed by atoms with Crippen molar-refractivity contribution in [1.82, 2.24) is 4.31 Å². The van der Waals surface area contributed by atoms with Gasteiger partial charge in [-0.15, -0.1) is 11.6 Å². The molecule has 0 fully saturated rings. The van der Waals surface area contributed by atoms with Crippen molar-refractivity contribution in [2.45, 2.75) is 17.7 Å². The first-order valence-corrected chi connectivity index (χ1v) is 6.61. The highest BCUT2D eigenvalue weighted by Gasteiger charge is 2.18. The molecule has 0 amide bonds. The molecule has 0 spiro atoms. The average molecular weight is 248 g/mol. The lowest BCUT2D eigenvalue weighted by atomic mass is 10.2. The van der Waals surface area contributed by atoms with Crippen molar-refractivity contribution < 1.29 is 8.42 Å². The van der Waals surface area contributed by atoms with Gasteiger partial charge in [-0.1, -0.05) is 19.1 Å². The molecule has 3 nitrogen and oxygen atoms in total. The molecule has 0 saturated heterocycles. The summed E-state index contributed by atoms with van der Waals surface area (Å²) in [5.41, 5.74) is 0.808. The highest BCUT2D eigenvalue weighted by atomic mass is 35.5. The highest BCUT2D eigenvalue weighted by Crippen LogP contribution is 2.16. The largest absolute Gasteiger partial charge is 0.242 e. The van der Waals surface area contributed by atoms with Crippen molar-refractivity contribution in [3.05, 3.63) is 29.8 Å². The van der Waals surface area contributed by atoms with Gasteiger partial charge >= 0.3 is 0 Å². The highest BCUT2D eigenvalue weighted by molar-refractivity contribution is 7.89. The van der Waals surface area contributed by atoms with Gasteiger partial charge in [-0.2, -0.15) is 0 Å². The fourth-order valence-electron chi connectivity index (χ4n) is 1.14. The van der Waals surface area contributed by atoms with Crippen LogP contribution < -0.4 is 0 Å². The molecule has 0 aromatic heterocycles. The standard InChI is InChI=1S/C10H14ClNO2S/c1-3-12(2)15(13,14)10-6-4-5-9(7-10)8-11/h4-7H,3,8H2,1-2H3. The Balaban J connectivity index is 3.16. The third-order valence-electron chi connectivity index (χ3n) is 2.21. The minimum atomic E-state index is -3.35.